The number of anilines is 2. The van der Waals surface area contributed by atoms with Gasteiger partial charge >= 0.3 is 5.97 Å². The van der Waals surface area contributed by atoms with Crippen molar-refractivity contribution < 1.29 is 23.9 Å². The normalized spacial score (nSPS) is 11.9. The number of nitrogens with one attached hydrogen (secondary N) is 2. The molecule has 0 heterocycles. The van der Waals surface area contributed by atoms with E-state index in [2.05, 4.69) is 10.6 Å². The van der Waals surface area contributed by atoms with Crippen LogP contribution in [0.15, 0.2) is 48.5 Å². The maximum Gasteiger partial charge on any atom is 0.350 e. The first-order valence-electron chi connectivity index (χ1n) is 8.91. The van der Waals surface area contributed by atoms with Crippen LogP contribution < -0.4 is 15.4 Å². The van der Waals surface area contributed by atoms with Crippen molar-refractivity contribution in [1.82, 2.24) is 0 Å². The fraction of sp³-hybridized carbons (Fsp3) is 0.286. The third kappa shape index (κ3) is 6.80. The smallest absolute Gasteiger partial charge is 0.350 e. The zero-order chi connectivity index (χ0) is 21.6. The quantitative estimate of drug-likeness (QED) is 0.662. The van der Waals surface area contributed by atoms with Crippen LogP contribution in [0, 0.1) is 0 Å². The summed E-state index contributed by atoms with van der Waals surface area (Å²) in [6.07, 6.45) is -1.04. The molecule has 29 heavy (non-hydrogen) atoms. The Kier molecular flexibility index (Phi) is 7.23. The second-order valence-corrected chi connectivity index (χ2v) is 7.30. The predicted octanol–water partition coefficient (Wildman–Crippen LogP) is 4.03. The van der Waals surface area contributed by atoms with Crippen LogP contribution in [0.4, 0.5) is 11.4 Å². The monoisotopic (exact) mass is 418 g/mol. The molecule has 0 spiro atoms. The number of halogens is 1. The summed E-state index contributed by atoms with van der Waals surface area (Å²) in [6, 6.07) is 13.1. The average molecular weight is 419 g/mol. The van der Waals surface area contributed by atoms with Crippen LogP contribution in [0.3, 0.4) is 0 Å². The van der Waals surface area contributed by atoms with Crippen molar-refractivity contribution in [2.75, 3.05) is 10.6 Å². The first kappa shape index (κ1) is 22.2. The van der Waals surface area contributed by atoms with Crippen molar-refractivity contribution in [2.24, 2.45) is 0 Å². The van der Waals surface area contributed by atoms with Gasteiger partial charge in [0, 0.05) is 23.3 Å². The van der Waals surface area contributed by atoms with Crippen molar-refractivity contribution in [3.8, 4) is 5.75 Å². The molecular formula is C21H23ClN2O5. The minimum atomic E-state index is -1.30. The van der Waals surface area contributed by atoms with E-state index in [1.807, 2.05) is 0 Å². The Bertz CT molecular complexity index is 879. The molecule has 1 atom stereocenters. The molecule has 2 aromatic rings. The van der Waals surface area contributed by atoms with Crippen LogP contribution in [0.2, 0.25) is 5.02 Å². The lowest BCUT2D eigenvalue weighted by Crippen LogP contribution is -2.43. The zero-order valence-electron chi connectivity index (χ0n) is 16.6. The maximum absolute atomic E-state index is 12.5. The fourth-order valence-corrected chi connectivity index (χ4v) is 2.40. The molecule has 0 aliphatic heterocycles. The van der Waals surface area contributed by atoms with Crippen LogP contribution in [0.25, 0.3) is 0 Å². The number of carbonyl (C=O) groups excluding carboxylic acids is 3. The average Bonchev–Trinajstić information content (AvgIpc) is 2.64. The molecule has 2 rings (SSSR count). The largest absolute Gasteiger partial charge is 0.476 e. The first-order chi connectivity index (χ1) is 13.6. The number of hydrogen-bond acceptors (Lipinski definition) is 5. The molecule has 0 saturated carbocycles. The van der Waals surface area contributed by atoms with Crippen molar-refractivity contribution in [2.45, 2.75) is 39.4 Å². The number of amides is 2. The van der Waals surface area contributed by atoms with Crippen LogP contribution >= 0.6 is 11.6 Å². The van der Waals surface area contributed by atoms with Crippen LogP contribution in [0.1, 0.15) is 27.7 Å². The lowest BCUT2D eigenvalue weighted by atomic mass is 10.1. The van der Waals surface area contributed by atoms with Gasteiger partial charge in [0.15, 0.2) is 11.7 Å². The molecule has 2 aromatic carbocycles. The number of hydrogen-bond donors (Lipinski definition) is 2. The lowest BCUT2D eigenvalue weighted by Gasteiger charge is -2.26. The molecule has 154 valence electrons. The van der Waals surface area contributed by atoms with Crippen molar-refractivity contribution in [3.63, 3.8) is 0 Å². The van der Waals surface area contributed by atoms with E-state index in [9.17, 15) is 14.4 Å². The standard InChI is InChI=1S/C21H23ClN2O5/c1-13(19(26)24-17-9-7-16(8-10-17)23-14(2)25)28-20(27)21(3,4)29-18-11-5-15(22)6-12-18/h5-13H,1-4H3,(H,23,25)(H,24,26)/t13-/m1/s1. The van der Waals surface area contributed by atoms with E-state index in [-0.39, 0.29) is 5.91 Å². The Morgan fingerprint density at radius 3 is 1.97 bits per heavy atom. The topological polar surface area (TPSA) is 93.7 Å². The highest BCUT2D eigenvalue weighted by molar-refractivity contribution is 6.30. The van der Waals surface area contributed by atoms with Gasteiger partial charge in [0.25, 0.3) is 5.91 Å². The highest BCUT2D eigenvalue weighted by Gasteiger charge is 2.34. The van der Waals surface area contributed by atoms with E-state index >= 15 is 0 Å². The Hall–Kier alpha value is -3.06. The second-order valence-electron chi connectivity index (χ2n) is 6.86. The van der Waals surface area contributed by atoms with Gasteiger partial charge in [0.05, 0.1) is 0 Å². The SMILES string of the molecule is CC(=O)Nc1ccc(NC(=O)[C@@H](C)OC(=O)C(C)(C)Oc2ccc(Cl)cc2)cc1. The van der Waals surface area contributed by atoms with Crippen molar-refractivity contribution >= 4 is 40.8 Å². The summed E-state index contributed by atoms with van der Waals surface area (Å²) in [6.45, 7) is 5.98. The molecular weight excluding hydrogens is 396 g/mol. The van der Waals surface area contributed by atoms with Gasteiger partial charge in [-0.25, -0.2) is 4.79 Å². The Labute approximate surface area is 174 Å². The van der Waals surface area contributed by atoms with Gasteiger partial charge in [0.2, 0.25) is 5.91 Å². The summed E-state index contributed by atoms with van der Waals surface area (Å²) in [5.74, 6) is -0.914. The summed E-state index contributed by atoms with van der Waals surface area (Å²) in [7, 11) is 0. The van der Waals surface area contributed by atoms with Gasteiger partial charge in [-0.2, -0.15) is 0 Å². The minimum absolute atomic E-state index is 0.189. The number of carbonyl (C=O) groups is 3. The predicted molar refractivity (Wildman–Crippen MR) is 111 cm³/mol. The summed E-state index contributed by atoms with van der Waals surface area (Å²) < 4.78 is 10.9. The van der Waals surface area contributed by atoms with Crippen LogP contribution in [0.5, 0.6) is 5.75 Å². The molecule has 2 amide bonds. The van der Waals surface area contributed by atoms with Gasteiger partial charge in [-0.05, 0) is 69.3 Å². The number of ether oxygens (including phenoxy) is 2. The van der Waals surface area contributed by atoms with Crippen LogP contribution in [-0.2, 0) is 19.1 Å². The van der Waals surface area contributed by atoms with E-state index in [4.69, 9.17) is 21.1 Å². The van der Waals surface area contributed by atoms with Gasteiger partial charge < -0.3 is 20.1 Å². The fourth-order valence-electron chi connectivity index (χ4n) is 2.28. The summed E-state index contributed by atoms with van der Waals surface area (Å²) in [4.78, 5) is 35.8. The van der Waals surface area contributed by atoms with E-state index in [1.165, 1.54) is 13.8 Å². The third-order valence-electron chi connectivity index (χ3n) is 3.80. The zero-order valence-corrected chi connectivity index (χ0v) is 17.4. The molecule has 7 nitrogen and oxygen atoms in total. The van der Waals surface area contributed by atoms with Gasteiger partial charge in [-0.1, -0.05) is 11.6 Å². The first-order valence-corrected chi connectivity index (χ1v) is 9.29. The van der Waals surface area contributed by atoms with E-state index in [1.54, 1.807) is 62.4 Å². The Morgan fingerprint density at radius 2 is 1.45 bits per heavy atom. The molecule has 0 unspecified atom stereocenters. The maximum atomic E-state index is 12.5. The second kappa shape index (κ2) is 9.43. The van der Waals surface area contributed by atoms with Gasteiger partial charge in [-0.3, -0.25) is 9.59 Å². The highest BCUT2D eigenvalue weighted by Crippen LogP contribution is 2.22. The Balaban J connectivity index is 1.92. The van der Waals surface area contributed by atoms with E-state index < -0.39 is 23.6 Å². The number of rotatable bonds is 7. The third-order valence-corrected chi connectivity index (χ3v) is 4.06. The van der Waals surface area contributed by atoms with Crippen LogP contribution in [-0.4, -0.2) is 29.5 Å². The molecule has 2 N–H and O–H groups in total. The van der Waals surface area contributed by atoms with Gasteiger partial charge in [0.1, 0.15) is 5.75 Å². The summed E-state index contributed by atoms with van der Waals surface area (Å²) in [5, 5.41) is 5.83. The van der Waals surface area contributed by atoms with Crippen molar-refractivity contribution in [1.29, 1.82) is 0 Å². The van der Waals surface area contributed by atoms with E-state index in [0.717, 1.165) is 0 Å². The van der Waals surface area contributed by atoms with E-state index in [0.29, 0.717) is 22.1 Å². The molecule has 0 aliphatic rings. The molecule has 0 aromatic heterocycles. The molecule has 8 heteroatoms. The summed E-state index contributed by atoms with van der Waals surface area (Å²) in [5.41, 5.74) is -0.192. The molecule has 0 aliphatic carbocycles. The minimum Gasteiger partial charge on any atom is -0.476 e. The molecule has 0 radical (unpaired) electrons. The molecule has 0 bridgehead atoms. The Morgan fingerprint density at radius 1 is 0.931 bits per heavy atom. The number of esters is 1. The van der Waals surface area contributed by atoms with Crippen molar-refractivity contribution in [3.05, 3.63) is 53.6 Å². The highest BCUT2D eigenvalue weighted by atomic mass is 35.5. The summed E-state index contributed by atoms with van der Waals surface area (Å²) >= 11 is 5.84. The van der Waals surface area contributed by atoms with Gasteiger partial charge in [-0.15, -0.1) is 0 Å². The lowest BCUT2D eigenvalue weighted by molar-refractivity contribution is -0.166. The molecule has 0 fully saturated rings. The number of benzene rings is 2. The molecule has 0 saturated heterocycles.